The molecule has 1 aromatic carbocycles. The second kappa shape index (κ2) is 7.39. The summed E-state index contributed by atoms with van der Waals surface area (Å²) in [5.74, 6) is -0.979. The van der Waals surface area contributed by atoms with Crippen LogP contribution in [0.4, 0.5) is 9.93 Å². The number of hydrogen-bond acceptors (Lipinski definition) is 5. The van der Waals surface area contributed by atoms with Gasteiger partial charge in [0.1, 0.15) is 6.61 Å². The normalized spacial score (nSPS) is 10.1. The molecule has 1 amide bonds. The fourth-order valence-corrected chi connectivity index (χ4v) is 2.28. The summed E-state index contributed by atoms with van der Waals surface area (Å²) in [5.41, 5.74) is 0.864. The molecule has 2 rings (SSSR count). The van der Waals surface area contributed by atoms with E-state index in [0.29, 0.717) is 5.13 Å². The number of ether oxygens (including phenoxy) is 1. The number of aromatic nitrogens is 1. The minimum absolute atomic E-state index is 0.0243. The summed E-state index contributed by atoms with van der Waals surface area (Å²) in [5, 5.41) is 10.9. The number of nitrogens with zero attached hydrogens (tertiary/aromatic N) is 2. The Morgan fingerprint density at radius 1 is 1.29 bits per heavy atom. The zero-order chi connectivity index (χ0) is 15.1. The molecule has 0 aliphatic heterocycles. The van der Waals surface area contributed by atoms with Crippen molar-refractivity contribution in [3.8, 4) is 0 Å². The molecule has 7 heteroatoms. The molecule has 0 aliphatic rings. The molecule has 0 fully saturated rings. The monoisotopic (exact) mass is 306 g/mol. The highest BCUT2D eigenvalue weighted by Crippen LogP contribution is 2.19. The van der Waals surface area contributed by atoms with Gasteiger partial charge >= 0.3 is 12.1 Å². The van der Waals surface area contributed by atoms with Crippen molar-refractivity contribution in [1.29, 1.82) is 0 Å². The topological polar surface area (TPSA) is 79.7 Å². The highest BCUT2D eigenvalue weighted by molar-refractivity contribution is 7.13. The number of carboxylic acid groups (broad SMARTS) is 1. The van der Waals surface area contributed by atoms with Crippen LogP contribution in [0.25, 0.3) is 0 Å². The van der Waals surface area contributed by atoms with Crippen LogP contribution in [-0.2, 0) is 16.1 Å². The first-order valence-electron chi connectivity index (χ1n) is 6.26. The number of aliphatic carboxylic acids is 1. The predicted molar refractivity (Wildman–Crippen MR) is 78.3 cm³/mol. The van der Waals surface area contributed by atoms with Crippen molar-refractivity contribution in [2.75, 3.05) is 11.4 Å². The van der Waals surface area contributed by atoms with Crippen molar-refractivity contribution in [2.24, 2.45) is 0 Å². The Morgan fingerprint density at radius 3 is 2.67 bits per heavy atom. The lowest BCUT2D eigenvalue weighted by Gasteiger charge is -2.18. The molecular formula is C14H14N2O4S. The average molecular weight is 306 g/mol. The summed E-state index contributed by atoms with van der Waals surface area (Å²) >= 11 is 1.25. The van der Waals surface area contributed by atoms with Crippen LogP contribution in [0.1, 0.15) is 12.0 Å². The quantitative estimate of drug-likeness (QED) is 0.887. The minimum Gasteiger partial charge on any atom is -0.481 e. The number of anilines is 1. The van der Waals surface area contributed by atoms with E-state index < -0.39 is 12.1 Å². The molecule has 0 atom stereocenters. The maximum Gasteiger partial charge on any atom is 0.416 e. The Kier molecular flexibility index (Phi) is 5.28. The predicted octanol–water partition coefficient (Wildman–Crippen LogP) is 2.76. The summed E-state index contributed by atoms with van der Waals surface area (Å²) in [7, 11) is 0. The van der Waals surface area contributed by atoms with Gasteiger partial charge in [0.05, 0.1) is 6.42 Å². The number of rotatable bonds is 6. The van der Waals surface area contributed by atoms with Crippen LogP contribution in [0.5, 0.6) is 0 Å². The van der Waals surface area contributed by atoms with Gasteiger partial charge in [-0.3, -0.25) is 9.69 Å². The Morgan fingerprint density at radius 2 is 2.05 bits per heavy atom. The Hall–Kier alpha value is -2.41. The van der Waals surface area contributed by atoms with Gasteiger partial charge in [0.25, 0.3) is 0 Å². The van der Waals surface area contributed by atoms with Gasteiger partial charge in [-0.15, -0.1) is 11.3 Å². The van der Waals surface area contributed by atoms with E-state index in [1.807, 2.05) is 30.3 Å². The van der Waals surface area contributed by atoms with Gasteiger partial charge < -0.3 is 9.84 Å². The fourth-order valence-electron chi connectivity index (χ4n) is 1.62. The van der Waals surface area contributed by atoms with Gasteiger partial charge in [-0.25, -0.2) is 9.78 Å². The highest BCUT2D eigenvalue weighted by Gasteiger charge is 2.20. The van der Waals surface area contributed by atoms with E-state index in [9.17, 15) is 9.59 Å². The molecule has 1 aromatic heterocycles. The lowest BCUT2D eigenvalue weighted by atomic mass is 10.2. The molecule has 2 aromatic rings. The lowest BCUT2D eigenvalue weighted by molar-refractivity contribution is -0.136. The molecule has 1 heterocycles. The molecule has 0 bridgehead atoms. The van der Waals surface area contributed by atoms with Crippen molar-refractivity contribution in [1.82, 2.24) is 4.98 Å². The van der Waals surface area contributed by atoms with Gasteiger partial charge in [0.2, 0.25) is 0 Å². The van der Waals surface area contributed by atoms with Gasteiger partial charge in [-0.2, -0.15) is 0 Å². The Balaban J connectivity index is 1.99. The van der Waals surface area contributed by atoms with Crippen molar-refractivity contribution in [3.05, 3.63) is 47.5 Å². The molecule has 1 N–H and O–H groups in total. The first kappa shape index (κ1) is 15.0. The SMILES string of the molecule is O=C(O)CCN(C(=O)OCc1ccccc1)c1nccs1. The summed E-state index contributed by atoms with van der Waals surface area (Å²) < 4.78 is 5.21. The zero-order valence-corrected chi connectivity index (χ0v) is 12.0. The molecule has 21 heavy (non-hydrogen) atoms. The van der Waals surface area contributed by atoms with E-state index in [0.717, 1.165) is 5.56 Å². The molecule has 110 valence electrons. The summed E-state index contributed by atoms with van der Waals surface area (Å²) in [4.78, 5) is 28.0. The summed E-state index contributed by atoms with van der Waals surface area (Å²) in [6.07, 6.45) is 0.785. The standard InChI is InChI=1S/C14H14N2O4S/c17-12(18)6-8-16(13-15-7-9-21-13)14(19)20-10-11-4-2-1-3-5-11/h1-5,7,9H,6,8,10H2,(H,17,18). The first-order valence-corrected chi connectivity index (χ1v) is 7.14. The minimum atomic E-state index is -0.979. The number of carbonyl (C=O) groups excluding carboxylic acids is 1. The maximum absolute atomic E-state index is 12.1. The van der Waals surface area contributed by atoms with E-state index in [4.69, 9.17) is 9.84 Å². The molecule has 0 unspecified atom stereocenters. The summed E-state index contributed by atoms with van der Waals surface area (Å²) in [6, 6.07) is 9.27. The molecule has 0 radical (unpaired) electrons. The fraction of sp³-hybridized carbons (Fsp3) is 0.214. The van der Waals surface area contributed by atoms with Crippen molar-refractivity contribution in [2.45, 2.75) is 13.0 Å². The number of benzene rings is 1. The molecular weight excluding hydrogens is 292 g/mol. The van der Waals surface area contributed by atoms with Crippen LogP contribution < -0.4 is 4.90 Å². The molecule has 6 nitrogen and oxygen atoms in total. The van der Waals surface area contributed by atoms with Crippen LogP contribution in [0.15, 0.2) is 41.9 Å². The number of carboxylic acids is 1. The zero-order valence-electron chi connectivity index (χ0n) is 11.1. The first-order chi connectivity index (χ1) is 10.2. The molecule has 0 saturated heterocycles. The van der Waals surface area contributed by atoms with E-state index in [2.05, 4.69) is 4.98 Å². The number of amides is 1. The third-order valence-corrected chi connectivity index (χ3v) is 3.42. The van der Waals surface area contributed by atoms with Crippen LogP contribution >= 0.6 is 11.3 Å². The van der Waals surface area contributed by atoms with Gasteiger partial charge in [-0.05, 0) is 5.56 Å². The van der Waals surface area contributed by atoms with Gasteiger partial charge in [0.15, 0.2) is 5.13 Å². The molecule has 0 saturated carbocycles. The van der Waals surface area contributed by atoms with E-state index in [1.54, 1.807) is 11.6 Å². The van der Waals surface area contributed by atoms with E-state index >= 15 is 0 Å². The van der Waals surface area contributed by atoms with Crippen molar-refractivity contribution < 1.29 is 19.4 Å². The largest absolute Gasteiger partial charge is 0.481 e. The third kappa shape index (κ3) is 4.57. The lowest BCUT2D eigenvalue weighted by Crippen LogP contribution is -2.33. The average Bonchev–Trinajstić information content (AvgIpc) is 3.00. The van der Waals surface area contributed by atoms with E-state index in [1.165, 1.54) is 16.2 Å². The van der Waals surface area contributed by atoms with Gasteiger partial charge in [-0.1, -0.05) is 30.3 Å². The molecule has 0 spiro atoms. The highest BCUT2D eigenvalue weighted by atomic mass is 32.1. The summed E-state index contributed by atoms with van der Waals surface area (Å²) in [6.45, 7) is 0.158. The maximum atomic E-state index is 12.1. The van der Waals surface area contributed by atoms with Crippen LogP contribution in [-0.4, -0.2) is 28.7 Å². The second-order valence-electron chi connectivity index (χ2n) is 4.15. The van der Waals surface area contributed by atoms with Crippen LogP contribution in [0, 0.1) is 0 Å². The second-order valence-corrected chi connectivity index (χ2v) is 5.02. The van der Waals surface area contributed by atoms with Gasteiger partial charge in [0, 0.05) is 18.1 Å². The van der Waals surface area contributed by atoms with E-state index in [-0.39, 0.29) is 19.6 Å². The Bertz CT molecular complexity index is 586. The van der Waals surface area contributed by atoms with Crippen molar-refractivity contribution >= 4 is 28.5 Å². The number of carbonyl (C=O) groups is 2. The molecule has 0 aliphatic carbocycles. The van der Waals surface area contributed by atoms with Crippen LogP contribution in [0.3, 0.4) is 0 Å². The smallest absolute Gasteiger partial charge is 0.416 e. The van der Waals surface area contributed by atoms with Crippen LogP contribution in [0.2, 0.25) is 0 Å². The number of hydrogen-bond donors (Lipinski definition) is 1. The van der Waals surface area contributed by atoms with Crippen molar-refractivity contribution in [3.63, 3.8) is 0 Å². The Labute approximate surface area is 125 Å². The number of thiazole rings is 1. The third-order valence-electron chi connectivity index (χ3n) is 2.62.